The van der Waals surface area contributed by atoms with Gasteiger partial charge in [0.05, 0.1) is 11.0 Å². The molecule has 6 heteroatoms. The number of hydrogen-bond acceptors (Lipinski definition) is 3. The summed E-state index contributed by atoms with van der Waals surface area (Å²) in [6.45, 7) is 3.71. The van der Waals surface area contributed by atoms with E-state index in [1.165, 1.54) is 6.07 Å². The molecule has 0 radical (unpaired) electrons. The van der Waals surface area contributed by atoms with Crippen LogP contribution in [0.1, 0.15) is 24.1 Å². The third-order valence-corrected chi connectivity index (χ3v) is 3.53. The quantitative estimate of drug-likeness (QED) is 0.508. The van der Waals surface area contributed by atoms with Gasteiger partial charge in [-0.15, -0.1) is 0 Å². The van der Waals surface area contributed by atoms with Crippen molar-refractivity contribution < 1.29 is 4.92 Å². The van der Waals surface area contributed by atoms with Crippen LogP contribution in [-0.4, -0.2) is 10.0 Å². The van der Waals surface area contributed by atoms with Crippen LogP contribution < -0.4 is 10.6 Å². The van der Waals surface area contributed by atoms with Gasteiger partial charge in [-0.05, 0) is 37.7 Å². The summed E-state index contributed by atoms with van der Waals surface area (Å²) in [5.74, 6) is 0. The molecule has 0 aromatic heterocycles. The summed E-state index contributed by atoms with van der Waals surface area (Å²) in [4.78, 5) is 10.6. The zero-order valence-corrected chi connectivity index (χ0v) is 13.2. The molecular formula is C16H17N3O2S. The van der Waals surface area contributed by atoms with Crippen LogP contribution in [0.3, 0.4) is 0 Å². The van der Waals surface area contributed by atoms with Gasteiger partial charge in [-0.2, -0.15) is 0 Å². The summed E-state index contributed by atoms with van der Waals surface area (Å²) in [5.41, 5.74) is 2.40. The molecule has 1 atom stereocenters. The predicted octanol–water partition coefficient (Wildman–Crippen LogP) is 3.95. The Morgan fingerprint density at radius 2 is 1.91 bits per heavy atom. The van der Waals surface area contributed by atoms with Crippen molar-refractivity contribution in [2.24, 2.45) is 0 Å². The maximum Gasteiger partial charge on any atom is 0.274 e. The van der Waals surface area contributed by atoms with Crippen molar-refractivity contribution in [2.45, 2.75) is 19.9 Å². The Morgan fingerprint density at radius 1 is 1.23 bits per heavy atom. The van der Waals surface area contributed by atoms with Crippen LogP contribution in [0.2, 0.25) is 0 Å². The monoisotopic (exact) mass is 315 g/mol. The number of nitrogens with one attached hydrogen (secondary N) is 2. The first kappa shape index (κ1) is 15.9. The van der Waals surface area contributed by atoms with Crippen LogP contribution in [-0.2, 0) is 0 Å². The fourth-order valence-electron chi connectivity index (χ4n) is 2.07. The van der Waals surface area contributed by atoms with E-state index in [4.69, 9.17) is 12.2 Å². The second-order valence-electron chi connectivity index (χ2n) is 4.99. The molecule has 2 aromatic rings. The minimum atomic E-state index is -0.399. The van der Waals surface area contributed by atoms with Crippen molar-refractivity contribution in [2.75, 3.05) is 5.32 Å². The van der Waals surface area contributed by atoms with Gasteiger partial charge in [0.15, 0.2) is 5.11 Å². The van der Waals surface area contributed by atoms with Crippen molar-refractivity contribution in [3.63, 3.8) is 0 Å². The lowest BCUT2D eigenvalue weighted by Crippen LogP contribution is -2.30. The molecular weight excluding hydrogens is 298 g/mol. The standard InChI is InChI=1S/C16H17N3O2S/c1-11-8-9-14(10-15(11)19(20)21)18-16(22)17-12(2)13-6-4-3-5-7-13/h3-10,12H,1-2H3,(H2,17,18,22). The van der Waals surface area contributed by atoms with Crippen LogP contribution >= 0.6 is 12.2 Å². The van der Waals surface area contributed by atoms with E-state index in [2.05, 4.69) is 10.6 Å². The molecule has 0 bridgehead atoms. The number of nitrogens with zero attached hydrogens (tertiary/aromatic N) is 1. The van der Waals surface area contributed by atoms with E-state index in [1.54, 1.807) is 19.1 Å². The molecule has 0 spiro atoms. The highest BCUT2D eigenvalue weighted by molar-refractivity contribution is 7.80. The summed E-state index contributed by atoms with van der Waals surface area (Å²) in [5, 5.41) is 17.5. The average molecular weight is 315 g/mol. The lowest BCUT2D eigenvalue weighted by molar-refractivity contribution is -0.385. The lowest BCUT2D eigenvalue weighted by Gasteiger charge is -2.17. The molecule has 2 N–H and O–H groups in total. The van der Waals surface area contributed by atoms with Crippen molar-refractivity contribution in [1.82, 2.24) is 5.32 Å². The van der Waals surface area contributed by atoms with Crippen LogP contribution in [0.5, 0.6) is 0 Å². The molecule has 0 fully saturated rings. The van der Waals surface area contributed by atoms with Crippen molar-refractivity contribution in [3.8, 4) is 0 Å². The van der Waals surface area contributed by atoms with Crippen molar-refractivity contribution in [1.29, 1.82) is 0 Å². The van der Waals surface area contributed by atoms with Crippen LogP contribution in [0, 0.1) is 17.0 Å². The molecule has 2 rings (SSSR count). The maximum atomic E-state index is 11.0. The second-order valence-corrected chi connectivity index (χ2v) is 5.40. The van der Waals surface area contributed by atoms with E-state index in [9.17, 15) is 10.1 Å². The first-order chi connectivity index (χ1) is 10.5. The largest absolute Gasteiger partial charge is 0.356 e. The predicted molar refractivity (Wildman–Crippen MR) is 92.0 cm³/mol. The van der Waals surface area contributed by atoms with Gasteiger partial charge < -0.3 is 10.6 Å². The Kier molecular flexibility index (Phi) is 5.06. The Labute approximate surface area is 134 Å². The molecule has 0 aliphatic rings. The summed E-state index contributed by atoms with van der Waals surface area (Å²) in [7, 11) is 0. The fraction of sp³-hybridized carbons (Fsp3) is 0.188. The van der Waals surface area contributed by atoms with Gasteiger partial charge in [0.2, 0.25) is 0 Å². The molecule has 0 aliphatic heterocycles. The van der Waals surface area contributed by atoms with Gasteiger partial charge in [0.1, 0.15) is 0 Å². The SMILES string of the molecule is Cc1ccc(NC(=S)NC(C)c2ccccc2)cc1[N+](=O)[O-]. The summed E-state index contributed by atoms with van der Waals surface area (Å²) in [6.07, 6.45) is 0. The number of aryl methyl sites for hydroxylation is 1. The normalized spacial score (nSPS) is 11.5. The smallest absolute Gasteiger partial charge is 0.274 e. The number of benzene rings is 2. The van der Waals surface area contributed by atoms with E-state index in [1.807, 2.05) is 37.3 Å². The molecule has 5 nitrogen and oxygen atoms in total. The maximum absolute atomic E-state index is 11.0. The molecule has 22 heavy (non-hydrogen) atoms. The number of nitro groups is 1. The van der Waals surface area contributed by atoms with Crippen molar-refractivity contribution >= 4 is 28.7 Å². The third-order valence-electron chi connectivity index (χ3n) is 3.31. The molecule has 2 aromatic carbocycles. The number of thiocarbonyl (C=S) groups is 1. The molecule has 0 amide bonds. The highest BCUT2D eigenvalue weighted by Crippen LogP contribution is 2.22. The van der Waals surface area contributed by atoms with Crippen LogP contribution in [0.15, 0.2) is 48.5 Å². The Hall–Kier alpha value is -2.47. The lowest BCUT2D eigenvalue weighted by atomic mass is 10.1. The van der Waals surface area contributed by atoms with Gasteiger partial charge in [-0.3, -0.25) is 10.1 Å². The molecule has 0 saturated carbocycles. The van der Waals surface area contributed by atoms with Gasteiger partial charge in [-0.25, -0.2) is 0 Å². The molecule has 114 valence electrons. The van der Waals surface area contributed by atoms with E-state index in [-0.39, 0.29) is 11.7 Å². The zero-order chi connectivity index (χ0) is 16.1. The van der Waals surface area contributed by atoms with Gasteiger partial charge in [-0.1, -0.05) is 36.4 Å². The number of anilines is 1. The van der Waals surface area contributed by atoms with E-state index >= 15 is 0 Å². The minimum absolute atomic E-state index is 0.0432. The van der Waals surface area contributed by atoms with Gasteiger partial charge in [0.25, 0.3) is 5.69 Å². The third kappa shape index (κ3) is 4.02. The Balaban J connectivity index is 2.03. The summed E-state index contributed by atoms with van der Waals surface area (Å²) < 4.78 is 0. The average Bonchev–Trinajstić information content (AvgIpc) is 2.49. The topological polar surface area (TPSA) is 67.2 Å². The van der Waals surface area contributed by atoms with E-state index in [0.29, 0.717) is 16.4 Å². The fourth-order valence-corrected chi connectivity index (χ4v) is 2.37. The van der Waals surface area contributed by atoms with Crippen molar-refractivity contribution in [3.05, 3.63) is 69.8 Å². The highest BCUT2D eigenvalue weighted by atomic mass is 32.1. The van der Waals surface area contributed by atoms with Gasteiger partial charge in [0, 0.05) is 17.3 Å². The van der Waals surface area contributed by atoms with Gasteiger partial charge >= 0.3 is 0 Å². The molecule has 1 unspecified atom stereocenters. The molecule has 0 aliphatic carbocycles. The molecule has 0 saturated heterocycles. The van der Waals surface area contributed by atoms with E-state index < -0.39 is 4.92 Å². The van der Waals surface area contributed by atoms with Crippen LogP contribution in [0.25, 0.3) is 0 Å². The molecule has 0 heterocycles. The Morgan fingerprint density at radius 3 is 2.55 bits per heavy atom. The number of nitro benzene ring substituents is 1. The first-order valence-electron chi connectivity index (χ1n) is 6.85. The first-order valence-corrected chi connectivity index (χ1v) is 7.25. The Bertz CT molecular complexity index is 689. The van der Waals surface area contributed by atoms with Crippen LogP contribution in [0.4, 0.5) is 11.4 Å². The zero-order valence-electron chi connectivity index (χ0n) is 12.4. The number of hydrogen-bond donors (Lipinski definition) is 2. The summed E-state index contributed by atoms with van der Waals surface area (Å²) in [6, 6.07) is 14.9. The second kappa shape index (κ2) is 7.00. The highest BCUT2D eigenvalue weighted by Gasteiger charge is 2.12. The summed E-state index contributed by atoms with van der Waals surface area (Å²) >= 11 is 5.26. The number of rotatable bonds is 4. The van der Waals surface area contributed by atoms with E-state index in [0.717, 1.165) is 5.56 Å². The minimum Gasteiger partial charge on any atom is -0.356 e.